The Labute approximate surface area is 212 Å². The Kier molecular flexibility index (Phi) is 7.15. The number of nitrogens with one attached hydrogen (secondary N) is 4. The van der Waals surface area contributed by atoms with Crippen LogP contribution < -0.4 is 25.8 Å². The van der Waals surface area contributed by atoms with Crippen molar-refractivity contribution in [2.75, 3.05) is 17.2 Å². The highest BCUT2D eigenvalue weighted by Crippen LogP contribution is 2.29. The van der Waals surface area contributed by atoms with E-state index in [4.69, 9.17) is 5.14 Å². The van der Waals surface area contributed by atoms with Gasteiger partial charge in [-0.25, -0.2) is 36.1 Å². The topological polar surface area (TPSA) is 155 Å². The number of nitrogens with zero attached hydrogens (tertiary/aromatic N) is 1. The van der Waals surface area contributed by atoms with E-state index in [2.05, 4.69) is 25.7 Å². The number of aliphatic imine (C=N–C) groups is 1. The van der Waals surface area contributed by atoms with Crippen LogP contribution in [0.3, 0.4) is 0 Å². The van der Waals surface area contributed by atoms with Crippen molar-refractivity contribution in [1.82, 2.24) is 10.0 Å². The number of guanidine groups is 1. The molecule has 3 aromatic rings. The minimum atomic E-state index is -3.98. The molecule has 2 aromatic carbocycles. The van der Waals surface area contributed by atoms with Crippen LogP contribution in [0.2, 0.25) is 0 Å². The van der Waals surface area contributed by atoms with Crippen LogP contribution in [-0.2, 0) is 20.0 Å². The zero-order chi connectivity index (χ0) is 26.0. The maximum Gasteiger partial charge on any atom is 0.250 e. The van der Waals surface area contributed by atoms with Crippen LogP contribution in [0.4, 0.5) is 15.8 Å². The summed E-state index contributed by atoms with van der Waals surface area (Å²) in [5.74, 6) is -0.737. The van der Waals surface area contributed by atoms with Crippen LogP contribution in [0.1, 0.15) is 5.56 Å². The van der Waals surface area contributed by atoms with Crippen LogP contribution >= 0.6 is 11.3 Å². The molecule has 14 heteroatoms. The SMILES string of the molecule is Cc1ccc(NC2=NC(CNS(=O)(=O)c3cccs3)(Nc3ccccc3)C(F)=CN2)cc1S(N)(=O)=O. The third-order valence-electron chi connectivity index (χ3n) is 5.19. The molecule has 0 saturated heterocycles. The predicted octanol–water partition coefficient (Wildman–Crippen LogP) is 2.67. The summed E-state index contributed by atoms with van der Waals surface area (Å²) in [5.41, 5.74) is -0.588. The van der Waals surface area contributed by atoms with Gasteiger partial charge in [0.05, 0.1) is 11.4 Å². The van der Waals surface area contributed by atoms with Gasteiger partial charge in [-0.1, -0.05) is 30.3 Å². The maximum absolute atomic E-state index is 15.4. The van der Waals surface area contributed by atoms with Gasteiger partial charge in [-0.15, -0.1) is 11.3 Å². The van der Waals surface area contributed by atoms with Gasteiger partial charge < -0.3 is 16.0 Å². The average Bonchev–Trinajstić information content (AvgIpc) is 3.38. The number of benzene rings is 2. The van der Waals surface area contributed by atoms with Crippen LogP contribution in [-0.4, -0.2) is 35.0 Å². The molecule has 36 heavy (non-hydrogen) atoms. The summed E-state index contributed by atoms with van der Waals surface area (Å²) in [5, 5.41) is 15.4. The Morgan fingerprint density at radius 3 is 2.47 bits per heavy atom. The van der Waals surface area contributed by atoms with Crippen LogP contribution in [0.5, 0.6) is 0 Å². The van der Waals surface area contributed by atoms with Gasteiger partial charge in [-0.3, -0.25) is 0 Å². The minimum absolute atomic E-state index is 0.0411. The quantitative estimate of drug-likeness (QED) is 0.289. The van der Waals surface area contributed by atoms with Gasteiger partial charge in [0.1, 0.15) is 4.21 Å². The summed E-state index contributed by atoms with van der Waals surface area (Å²) in [6.07, 6.45) is 1.04. The van der Waals surface area contributed by atoms with E-state index in [1.54, 1.807) is 60.8 Å². The van der Waals surface area contributed by atoms with Crippen molar-refractivity contribution in [2.24, 2.45) is 10.1 Å². The highest BCUT2D eigenvalue weighted by Gasteiger charge is 2.39. The van der Waals surface area contributed by atoms with Crippen molar-refractivity contribution in [3.63, 3.8) is 0 Å². The molecule has 0 radical (unpaired) electrons. The van der Waals surface area contributed by atoms with Crippen molar-refractivity contribution in [3.05, 3.63) is 83.6 Å². The number of hydrogen-bond donors (Lipinski definition) is 5. The van der Waals surface area contributed by atoms with Gasteiger partial charge in [0.25, 0.3) is 0 Å². The third-order valence-corrected chi connectivity index (χ3v) is 9.05. The summed E-state index contributed by atoms with van der Waals surface area (Å²) in [4.78, 5) is 4.34. The van der Waals surface area contributed by atoms with E-state index in [0.717, 1.165) is 17.5 Å². The maximum atomic E-state index is 15.4. The molecule has 6 N–H and O–H groups in total. The normalized spacial score (nSPS) is 18.1. The fraction of sp³-hybridized carbons (Fsp3) is 0.136. The van der Waals surface area contributed by atoms with Crippen molar-refractivity contribution in [2.45, 2.75) is 21.7 Å². The third kappa shape index (κ3) is 5.74. The standard InChI is InChI=1S/C22H23FN6O4S3/c1-15-9-10-17(12-18(15)35(24,30)31)27-21-25-13-19(23)22(29-21,28-16-6-3-2-4-7-16)14-26-36(32,33)20-8-5-11-34-20/h2-13,26,28H,14H2,1H3,(H2,24,30,31)(H2,25,27,29). The number of aryl methyl sites for hydroxylation is 1. The van der Waals surface area contributed by atoms with E-state index in [1.165, 1.54) is 12.1 Å². The number of thiophene rings is 1. The number of sulfonamides is 2. The monoisotopic (exact) mass is 550 g/mol. The summed E-state index contributed by atoms with van der Waals surface area (Å²) >= 11 is 1.03. The molecule has 0 fully saturated rings. The first kappa shape index (κ1) is 25.8. The first-order valence-corrected chi connectivity index (χ1v) is 14.4. The Morgan fingerprint density at radius 2 is 1.81 bits per heavy atom. The van der Waals surface area contributed by atoms with Gasteiger partial charge >= 0.3 is 0 Å². The molecule has 1 aliphatic heterocycles. The zero-order valence-electron chi connectivity index (χ0n) is 18.9. The number of primary sulfonamides is 1. The first-order valence-electron chi connectivity index (χ1n) is 10.5. The molecule has 0 amide bonds. The van der Waals surface area contributed by atoms with E-state index in [0.29, 0.717) is 16.9 Å². The Morgan fingerprint density at radius 1 is 1.06 bits per heavy atom. The largest absolute Gasteiger partial charge is 0.354 e. The molecule has 1 aromatic heterocycles. The van der Waals surface area contributed by atoms with Crippen molar-refractivity contribution < 1.29 is 21.2 Å². The molecule has 10 nitrogen and oxygen atoms in total. The van der Waals surface area contributed by atoms with E-state index >= 15 is 4.39 Å². The highest BCUT2D eigenvalue weighted by atomic mass is 32.2. The number of halogens is 1. The van der Waals surface area contributed by atoms with Gasteiger partial charge in [0, 0.05) is 17.6 Å². The van der Waals surface area contributed by atoms with E-state index in [-0.39, 0.29) is 15.1 Å². The molecule has 0 aliphatic carbocycles. The van der Waals surface area contributed by atoms with E-state index in [1.807, 2.05) is 0 Å². The lowest BCUT2D eigenvalue weighted by molar-refractivity contribution is 0.423. The van der Waals surface area contributed by atoms with E-state index in [9.17, 15) is 16.8 Å². The molecule has 0 bridgehead atoms. The average molecular weight is 551 g/mol. The minimum Gasteiger partial charge on any atom is -0.354 e. The second kappa shape index (κ2) is 9.99. The lowest BCUT2D eigenvalue weighted by Crippen LogP contribution is -2.52. The summed E-state index contributed by atoms with van der Waals surface area (Å²) < 4.78 is 67.2. The molecule has 4 rings (SSSR count). The second-order valence-corrected chi connectivity index (χ2v) is 12.3. The van der Waals surface area contributed by atoms with Crippen molar-refractivity contribution in [3.8, 4) is 0 Å². The van der Waals surface area contributed by atoms with E-state index < -0.39 is 38.1 Å². The van der Waals surface area contributed by atoms with Crippen molar-refractivity contribution in [1.29, 1.82) is 0 Å². The van der Waals surface area contributed by atoms with Crippen LogP contribution in [0.15, 0.2) is 92.2 Å². The van der Waals surface area contributed by atoms with Gasteiger partial charge in [-0.2, -0.15) is 0 Å². The van der Waals surface area contributed by atoms with Gasteiger partial charge in [-0.05, 0) is 48.2 Å². The first-order chi connectivity index (χ1) is 17.0. The van der Waals surface area contributed by atoms with Gasteiger partial charge in [0.15, 0.2) is 5.83 Å². The highest BCUT2D eigenvalue weighted by molar-refractivity contribution is 7.91. The molecule has 1 atom stereocenters. The molecular weight excluding hydrogens is 527 g/mol. The number of hydrogen-bond acceptors (Lipinski definition) is 9. The smallest absolute Gasteiger partial charge is 0.250 e. The Balaban J connectivity index is 1.69. The lowest BCUT2D eigenvalue weighted by Gasteiger charge is -2.34. The molecule has 1 unspecified atom stereocenters. The molecule has 1 aliphatic rings. The summed E-state index contributed by atoms with van der Waals surface area (Å²) in [7, 11) is -7.91. The number of rotatable bonds is 8. The van der Waals surface area contributed by atoms with Gasteiger partial charge in [0.2, 0.25) is 31.7 Å². The zero-order valence-corrected chi connectivity index (χ0v) is 21.3. The van der Waals surface area contributed by atoms with Crippen molar-refractivity contribution >= 4 is 48.7 Å². The fourth-order valence-corrected chi connectivity index (χ4v) is 6.32. The molecule has 2 heterocycles. The summed E-state index contributed by atoms with van der Waals surface area (Å²) in [6.45, 7) is 1.14. The van der Waals surface area contributed by atoms with Crippen LogP contribution in [0.25, 0.3) is 0 Å². The summed E-state index contributed by atoms with van der Waals surface area (Å²) in [6, 6.07) is 16.2. The fourth-order valence-electron chi connectivity index (χ4n) is 3.42. The second-order valence-electron chi connectivity index (χ2n) is 7.86. The number of para-hydroxylation sites is 1. The molecule has 190 valence electrons. The Hall–Kier alpha value is -3.30. The number of anilines is 2. The Bertz CT molecular complexity index is 1520. The molecule has 0 saturated carbocycles. The predicted molar refractivity (Wildman–Crippen MR) is 138 cm³/mol. The number of nitrogens with two attached hydrogens (primary N) is 1. The van der Waals surface area contributed by atoms with Crippen LogP contribution in [0, 0.1) is 6.92 Å². The lowest BCUT2D eigenvalue weighted by atomic mass is 10.1. The molecular formula is C22H23FN6O4S3. The molecule has 0 spiro atoms.